The predicted molar refractivity (Wildman–Crippen MR) is 114 cm³/mol. The van der Waals surface area contributed by atoms with Crippen LogP contribution >= 0.6 is 0 Å². The molecule has 0 bridgehead atoms. The highest BCUT2D eigenvalue weighted by atomic mass is 16.2. The normalized spacial score (nSPS) is 24.2. The fourth-order valence-corrected chi connectivity index (χ4v) is 5.46. The summed E-state index contributed by atoms with van der Waals surface area (Å²) in [5, 5.41) is 7.65. The van der Waals surface area contributed by atoms with Crippen molar-refractivity contribution in [3.63, 3.8) is 0 Å². The van der Waals surface area contributed by atoms with Crippen LogP contribution in [0.2, 0.25) is 0 Å². The highest BCUT2D eigenvalue weighted by molar-refractivity contribution is 5.95. The van der Waals surface area contributed by atoms with Gasteiger partial charge in [0.1, 0.15) is 0 Å². The van der Waals surface area contributed by atoms with Crippen molar-refractivity contribution in [3.8, 4) is 0 Å². The molecule has 1 saturated heterocycles. The molecule has 1 atom stereocenters. The topological polar surface area (TPSA) is 87.5 Å². The van der Waals surface area contributed by atoms with Crippen molar-refractivity contribution >= 4 is 17.7 Å². The maximum absolute atomic E-state index is 13.4. The van der Waals surface area contributed by atoms with E-state index < -0.39 is 0 Å². The molecule has 0 radical (unpaired) electrons. The van der Waals surface area contributed by atoms with Crippen LogP contribution in [-0.4, -0.2) is 63.0 Å². The first-order chi connectivity index (χ1) is 15.0. The summed E-state index contributed by atoms with van der Waals surface area (Å²) in [5.74, 6) is 0.219. The summed E-state index contributed by atoms with van der Waals surface area (Å²) in [7, 11) is 1.88. The lowest BCUT2D eigenvalue weighted by Gasteiger charge is -2.33. The zero-order valence-corrected chi connectivity index (χ0v) is 18.4. The minimum absolute atomic E-state index is 0.0800. The summed E-state index contributed by atoms with van der Waals surface area (Å²) in [5.41, 5.74) is 2.41. The average Bonchev–Trinajstić information content (AvgIpc) is 3.31. The number of fused-ring (bicyclic) bond motifs is 1. The number of nitrogens with zero attached hydrogens (tertiary/aromatic N) is 4. The number of carbonyl (C=O) groups excluding carboxylic acids is 3. The third-order valence-electron chi connectivity index (χ3n) is 7.46. The molecule has 5 rings (SSSR count). The Bertz CT molecular complexity index is 884. The van der Waals surface area contributed by atoms with E-state index in [9.17, 15) is 14.4 Å². The Balaban J connectivity index is 1.31. The maximum Gasteiger partial charge on any atom is 0.274 e. The van der Waals surface area contributed by atoms with E-state index in [4.69, 9.17) is 0 Å². The van der Waals surface area contributed by atoms with Crippen LogP contribution in [0.25, 0.3) is 0 Å². The van der Waals surface area contributed by atoms with Crippen LogP contribution in [0.5, 0.6) is 0 Å². The number of aryl methyl sites for hydroxylation is 1. The SMILES string of the molecule is Cn1nc(C(=O)N2CCC[C@@H](C(=O)NC3CC3)C2)c2c1CCN(C(=O)C1CCCC1)C2. The smallest absolute Gasteiger partial charge is 0.274 e. The van der Waals surface area contributed by atoms with Crippen molar-refractivity contribution < 1.29 is 14.4 Å². The Hall–Kier alpha value is -2.38. The van der Waals surface area contributed by atoms with Crippen molar-refractivity contribution in [2.24, 2.45) is 18.9 Å². The number of likely N-dealkylation sites (tertiary alicyclic amines) is 1. The number of amides is 3. The molecule has 8 heteroatoms. The van der Waals surface area contributed by atoms with Gasteiger partial charge in [-0.3, -0.25) is 19.1 Å². The Morgan fingerprint density at radius 1 is 0.935 bits per heavy atom. The molecular formula is C23H33N5O3. The Kier molecular flexibility index (Phi) is 5.48. The van der Waals surface area contributed by atoms with Crippen LogP contribution in [0, 0.1) is 11.8 Å². The van der Waals surface area contributed by atoms with E-state index >= 15 is 0 Å². The van der Waals surface area contributed by atoms with Gasteiger partial charge in [0.15, 0.2) is 5.69 Å². The second-order valence-electron chi connectivity index (χ2n) is 9.76. The molecule has 4 aliphatic rings. The van der Waals surface area contributed by atoms with Gasteiger partial charge in [0.25, 0.3) is 5.91 Å². The number of carbonyl (C=O) groups is 3. The zero-order chi connectivity index (χ0) is 21.5. The highest BCUT2D eigenvalue weighted by Crippen LogP contribution is 2.30. The van der Waals surface area contributed by atoms with E-state index in [2.05, 4.69) is 10.4 Å². The molecule has 168 valence electrons. The van der Waals surface area contributed by atoms with E-state index in [0.717, 1.165) is 69.0 Å². The van der Waals surface area contributed by atoms with Gasteiger partial charge in [-0.2, -0.15) is 5.10 Å². The first kappa shape index (κ1) is 20.5. The average molecular weight is 428 g/mol. The molecule has 0 unspecified atom stereocenters. The summed E-state index contributed by atoms with van der Waals surface area (Å²) in [4.78, 5) is 42.6. The van der Waals surface area contributed by atoms with Gasteiger partial charge in [-0.1, -0.05) is 12.8 Å². The lowest BCUT2D eigenvalue weighted by molar-refractivity contribution is -0.136. The molecule has 1 aromatic rings. The first-order valence-corrected chi connectivity index (χ1v) is 11.9. The molecule has 0 aromatic carbocycles. The van der Waals surface area contributed by atoms with Gasteiger partial charge in [-0.05, 0) is 38.5 Å². The van der Waals surface area contributed by atoms with Crippen LogP contribution in [0.3, 0.4) is 0 Å². The van der Waals surface area contributed by atoms with Gasteiger partial charge in [0.05, 0.1) is 5.92 Å². The van der Waals surface area contributed by atoms with Gasteiger partial charge in [-0.15, -0.1) is 0 Å². The molecule has 1 N–H and O–H groups in total. The van der Waals surface area contributed by atoms with Gasteiger partial charge in [0.2, 0.25) is 11.8 Å². The zero-order valence-electron chi connectivity index (χ0n) is 18.4. The van der Waals surface area contributed by atoms with E-state index in [1.54, 1.807) is 9.58 Å². The summed E-state index contributed by atoms with van der Waals surface area (Å²) < 4.78 is 1.81. The monoisotopic (exact) mass is 427 g/mol. The molecule has 3 amide bonds. The molecule has 31 heavy (non-hydrogen) atoms. The fraction of sp³-hybridized carbons (Fsp3) is 0.739. The molecule has 0 spiro atoms. The molecule has 3 heterocycles. The summed E-state index contributed by atoms with van der Waals surface area (Å²) >= 11 is 0. The van der Waals surface area contributed by atoms with E-state index in [0.29, 0.717) is 37.9 Å². The largest absolute Gasteiger partial charge is 0.353 e. The van der Waals surface area contributed by atoms with Crippen LogP contribution in [0.1, 0.15) is 73.1 Å². The first-order valence-electron chi connectivity index (χ1n) is 11.9. The summed E-state index contributed by atoms with van der Waals surface area (Å²) in [6, 6.07) is 0.338. The third-order valence-corrected chi connectivity index (χ3v) is 7.46. The molecule has 2 aliphatic heterocycles. The second kappa shape index (κ2) is 8.28. The minimum atomic E-state index is -0.140. The van der Waals surface area contributed by atoms with Crippen molar-refractivity contribution in [3.05, 3.63) is 17.0 Å². The number of aromatic nitrogens is 2. The summed E-state index contributed by atoms with van der Waals surface area (Å²) in [6.07, 6.45) is 8.76. The van der Waals surface area contributed by atoms with Gasteiger partial charge < -0.3 is 15.1 Å². The predicted octanol–water partition coefficient (Wildman–Crippen LogP) is 1.63. The molecule has 2 saturated carbocycles. The lowest BCUT2D eigenvalue weighted by atomic mass is 9.96. The molecule has 2 aliphatic carbocycles. The summed E-state index contributed by atoms with van der Waals surface area (Å²) in [6.45, 7) is 2.27. The second-order valence-corrected chi connectivity index (χ2v) is 9.76. The maximum atomic E-state index is 13.4. The number of hydrogen-bond acceptors (Lipinski definition) is 4. The van der Waals surface area contributed by atoms with Crippen LogP contribution in [0.4, 0.5) is 0 Å². The molecular weight excluding hydrogens is 394 g/mol. The van der Waals surface area contributed by atoms with Gasteiger partial charge in [0, 0.05) is 62.9 Å². The Morgan fingerprint density at radius 2 is 1.68 bits per heavy atom. The van der Waals surface area contributed by atoms with Crippen molar-refractivity contribution in [1.82, 2.24) is 24.9 Å². The molecule has 1 aromatic heterocycles. The quantitative estimate of drug-likeness (QED) is 0.791. The van der Waals surface area contributed by atoms with Crippen LogP contribution in [0.15, 0.2) is 0 Å². The molecule has 3 fully saturated rings. The van der Waals surface area contributed by atoms with Crippen molar-refractivity contribution in [2.75, 3.05) is 19.6 Å². The third kappa shape index (κ3) is 4.08. The van der Waals surface area contributed by atoms with Crippen molar-refractivity contribution in [1.29, 1.82) is 0 Å². The number of hydrogen-bond donors (Lipinski definition) is 1. The Morgan fingerprint density at radius 3 is 2.42 bits per heavy atom. The van der Waals surface area contributed by atoms with Crippen LogP contribution < -0.4 is 5.32 Å². The highest BCUT2D eigenvalue weighted by Gasteiger charge is 2.36. The number of nitrogens with one attached hydrogen (secondary N) is 1. The van der Waals surface area contributed by atoms with Gasteiger partial charge in [-0.25, -0.2) is 0 Å². The van der Waals surface area contributed by atoms with E-state index in [1.165, 1.54) is 0 Å². The lowest BCUT2D eigenvalue weighted by Crippen LogP contribution is -2.46. The minimum Gasteiger partial charge on any atom is -0.353 e. The van der Waals surface area contributed by atoms with Gasteiger partial charge >= 0.3 is 0 Å². The van der Waals surface area contributed by atoms with E-state index in [-0.39, 0.29) is 29.6 Å². The fourth-order valence-electron chi connectivity index (χ4n) is 5.46. The molecule has 8 nitrogen and oxygen atoms in total. The van der Waals surface area contributed by atoms with Crippen LogP contribution in [-0.2, 0) is 29.6 Å². The Labute approximate surface area is 183 Å². The standard InChI is InChI=1S/C23H33N5O3/c1-26-19-10-12-28(22(30)15-5-2-3-6-15)14-18(19)20(25-26)23(31)27-11-4-7-16(13-27)21(29)24-17-8-9-17/h15-17H,2-14H2,1H3,(H,24,29)/t16-/m1/s1. The number of rotatable bonds is 4. The van der Waals surface area contributed by atoms with Crippen molar-refractivity contribution in [2.45, 2.75) is 70.4 Å². The number of piperidine rings is 1. The van der Waals surface area contributed by atoms with E-state index in [1.807, 2.05) is 11.9 Å².